The second-order valence-electron chi connectivity index (χ2n) is 8.18. The molecule has 1 unspecified atom stereocenters. The van der Waals surface area contributed by atoms with Gasteiger partial charge in [-0.05, 0) is 43.2 Å². The van der Waals surface area contributed by atoms with Crippen LogP contribution in [0.3, 0.4) is 0 Å². The summed E-state index contributed by atoms with van der Waals surface area (Å²) in [5.41, 5.74) is 12.6. The number of nitrogens with two attached hydrogens (primary N) is 2. The molecule has 0 aliphatic heterocycles. The number of hydrogen-bond acceptors (Lipinski definition) is 7. The second-order valence-corrected chi connectivity index (χ2v) is 8.18. The van der Waals surface area contributed by atoms with Gasteiger partial charge in [0.1, 0.15) is 17.4 Å². The standard InChI is InChI=1S/C24H26F2N6O2/c1-34-14-6-7-15(17(25)11-14)21-10-13(8-9-29-21)30-23-16(22(28)33)12-18(26)24(32-23)31-20-5-3-2-4-19(20)27/h6-12,19-20H,2-5,27H2,1H3,(H2,28,33)(H2,29,30,31,32)/t19-,20?/m0/s1. The van der Waals surface area contributed by atoms with Crippen molar-refractivity contribution < 1.29 is 18.3 Å². The lowest BCUT2D eigenvalue weighted by molar-refractivity contribution is 0.100. The summed E-state index contributed by atoms with van der Waals surface area (Å²) >= 11 is 0. The van der Waals surface area contributed by atoms with Crippen LogP contribution in [0, 0.1) is 11.6 Å². The molecule has 0 saturated heterocycles. The van der Waals surface area contributed by atoms with Gasteiger partial charge >= 0.3 is 0 Å². The molecule has 1 amide bonds. The molecule has 0 bridgehead atoms. The van der Waals surface area contributed by atoms with Gasteiger partial charge in [0, 0.05) is 35.6 Å². The number of pyridine rings is 2. The van der Waals surface area contributed by atoms with E-state index in [1.807, 2.05) is 0 Å². The van der Waals surface area contributed by atoms with Gasteiger partial charge in [-0.25, -0.2) is 13.8 Å². The van der Waals surface area contributed by atoms with Crippen molar-refractivity contribution in [3.8, 4) is 17.0 Å². The van der Waals surface area contributed by atoms with E-state index in [0.29, 0.717) is 17.1 Å². The Morgan fingerprint density at radius 1 is 1.09 bits per heavy atom. The van der Waals surface area contributed by atoms with Gasteiger partial charge in [0.25, 0.3) is 5.91 Å². The summed E-state index contributed by atoms with van der Waals surface area (Å²) in [6, 6.07) is 8.44. The summed E-state index contributed by atoms with van der Waals surface area (Å²) in [5.74, 6) is -1.62. The van der Waals surface area contributed by atoms with Crippen LogP contribution in [-0.2, 0) is 0 Å². The topological polar surface area (TPSA) is 128 Å². The molecule has 1 saturated carbocycles. The van der Waals surface area contributed by atoms with Gasteiger partial charge in [0.15, 0.2) is 11.6 Å². The maximum Gasteiger partial charge on any atom is 0.252 e. The average molecular weight is 469 g/mol. The highest BCUT2D eigenvalue weighted by molar-refractivity contribution is 5.98. The molecule has 1 aliphatic rings. The Hall–Kier alpha value is -3.79. The van der Waals surface area contributed by atoms with Crippen molar-refractivity contribution in [3.63, 3.8) is 0 Å². The Morgan fingerprint density at radius 3 is 2.59 bits per heavy atom. The second kappa shape index (κ2) is 10.0. The smallest absolute Gasteiger partial charge is 0.252 e. The van der Waals surface area contributed by atoms with E-state index in [1.54, 1.807) is 24.3 Å². The molecule has 34 heavy (non-hydrogen) atoms. The summed E-state index contributed by atoms with van der Waals surface area (Å²) in [4.78, 5) is 20.5. The molecule has 0 radical (unpaired) electrons. The van der Waals surface area contributed by atoms with Gasteiger partial charge in [-0.2, -0.15) is 0 Å². The number of nitrogens with one attached hydrogen (secondary N) is 2. The van der Waals surface area contributed by atoms with Crippen molar-refractivity contribution in [2.24, 2.45) is 11.5 Å². The van der Waals surface area contributed by atoms with Crippen LogP contribution in [0.1, 0.15) is 36.0 Å². The maximum absolute atomic E-state index is 14.7. The van der Waals surface area contributed by atoms with E-state index in [0.717, 1.165) is 31.7 Å². The van der Waals surface area contributed by atoms with E-state index in [9.17, 15) is 13.6 Å². The number of anilines is 3. The van der Waals surface area contributed by atoms with Crippen LogP contribution in [0.25, 0.3) is 11.3 Å². The molecule has 2 heterocycles. The molecule has 4 rings (SSSR count). The molecule has 178 valence electrons. The molecule has 1 aromatic carbocycles. The molecular weight excluding hydrogens is 442 g/mol. The Balaban J connectivity index is 1.65. The van der Waals surface area contributed by atoms with Crippen molar-refractivity contribution in [3.05, 3.63) is 59.8 Å². The fraction of sp³-hybridized carbons (Fsp3) is 0.292. The first-order chi connectivity index (χ1) is 16.4. The summed E-state index contributed by atoms with van der Waals surface area (Å²) in [7, 11) is 1.45. The predicted octanol–water partition coefficient (Wildman–Crippen LogP) is 3.95. The molecular formula is C24H26F2N6O2. The molecule has 2 aromatic heterocycles. The molecule has 1 aliphatic carbocycles. The number of nitrogens with zero attached hydrogens (tertiary/aromatic N) is 2. The number of amides is 1. The van der Waals surface area contributed by atoms with Crippen LogP contribution in [0.15, 0.2) is 42.6 Å². The third kappa shape index (κ3) is 5.07. The fourth-order valence-corrected chi connectivity index (χ4v) is 4.01. The highest BCUT2D eigenvalue weighted by Crippen LogP contribution is 2.29. The van der Waals surface area contributed by atoms with Gasteiger partial charge in [-0.1, -0.05) is 12.8 Å². The zero-order chi connectivity index (χ0) is 24.2. The predicted molar refractivity (Wildman–Crippen MR) is 126 cm³/mol. The highest BCUT2D eigenvalue weighted by Gasteiger charge is 2.24. The summed E-state index contributed by atoms with van der Waals surface area (Å²) in [5, 5.41) is 6.05. The van der Waals surface area contributed by atoms with E-state index in [1.165, 1.54) is 19.4 Å². The number of hydrogen-bond donors (Lipinski definition) is 4. The van der Waals surface area contributed by atoms with Gasteiger partial charge < -0.3 is 26.8 Å². The zero-order valence-electron chi connectivity index (χ0n) is 18.6. The van der Waals surface area contributed by atoms with Gasteiger partial charge in [0.05, 0.1) is 18.4 Å². The van der Waals surface area contributed by atoms with Crippen molar-refractivity contribution in [1.82, 2.24) is 9.97 Å². The van der Waals surface area contributed by atoms with E-state index in [-0.39, 0.29) is 34.8 Å². The van der Waals surface area contributed by atoms with Crippen molar-refractivity contribution >= 4 is 23.2 Å². The number of benzene rings is 1. The van der Waals surface area contributed by atoms with E-state index in [4.69, 9.17) is 16.2 Å². The van der Waals surface area contributed by atoms with E-state index >= 15 is 0 Å². The number of carbonyl (C=O) groups is 1. The van der Waals surface area contributed by atoms with Crippen LogP contribution in [0.4, 0.5) is 26.1 Å². The van der Waals surface area contributed by atoms with Gasteiger partial charge in [-0.15, -0.1) is 0 Å². The first-order valence-corrected chi connectivity index (χ1v) is 10.9. The SMILES string of the molecule is COc1ccc(-c2cc(Nc3nc(NC4CCCC[C@@H]4N)c(F)cc3C(N)=O)ccn2)c(F)c1. The maximum atomic E-state index is 14.7. The van der Waals surface area contributed by atoms with Gasteiger partial charge in [0.2, 0.25) is 0 Å². The van der Waals surface area contributed by atoms with Crippen LogP contribution in [0.5, 0.6) is 5.75 Å². The number of primary amides is 1. The molecule has 10 heteroatoms. The van der Waals surface area contributed by atoms with E-state index < -0.39 is 17.5 Å². The fourth-order valence-electron chi connectivity index (χ4n) is 4.01. The molecule has 0 spiro atoms. The first-order valence-electron chi connectivity index (χ1n) is 10.9. The molecule has 6 N–H and O–H groups in total. The third-order valence-corrected chi connectivity index (χ3v) is 5.86. The number of ether oxygens (including phenoxy) is 1. The molecule has 3 aromatic rings. The largest absolute Gasteiger partial charge is 0.497 e. The van der Waals surface area contributed by atoms with Crippen LogP contribution < -0.4 is 26.8 Å². The van der Waals surface area contributed by atoms with Crippen LogP contribution in [-0.4, -0.2) is 35.1 Å². The number of aromatic nitrogens is 2. The minimum atomic E-state index is -0.842. The Labute approximate surface area is 195 Å². The van der Waals surface area contributed by atoms with Crippen LogP contribution >= 0.6 is 0 Å². The zero-order valence-corrected chi connectivity index (χ0v) is 18.6. The minimum Gasteiger partial charge on any atom is -0.497 e. The summed E-state index contributed by atoms with van der Waals surface area (Å²) in [6.07, 6.45) is 5.13. The number of rotatable bonds is 7. The normalized spacial score (nSPS) is 17.8. The Kier molecular flexibility index (Phi) is 6.87. The third-order valence-electron chi connectivity index (χ3n) is 5.86. The summed E-state index contributed by atoms with van der Waals surface area (Å²) in [6.45, 7) is 0. The van der Waals surface area contributed by atoms with Crippen molar-refractivity contribution in [1.29, 1.82) is 0 Å². The van der Waals surface area contributed by atoms with Gasteiger partial charge in [-0.3, -0.25) is 9.78 Å². The lowest BCUT2D eigenvalue weighted by Gasteiger charge is -2.30. The summed E-state index contributed by atoms with van der Waals surface area (Å²) < 4.78 is 34.3. The highest BCUT2D eigenvalue weighted by atomic mass is 19.1. The lowest BCUT2D eigenvalue weighted by Crippen LogP contribution is -2.43. The van der Waals surface area contributed by atoms with Crippen LogP contribution in [0.2, 0.25) is 0 Å². The molecule has 2 atom stereocenters. The molecule has 8 nitrogen and oxygen atoms in total. The number of carbonyl (C=O) groups excluding carboxylic acids is 1. The molecule has 1 fully saturated rings. The van der Waals surface area contributed by atoms with Crippen molar-refractivity contribution in [2.75, 3.05) is 17.7 Å². The average Bonchev–Trinajstić information content (AvgIpc) is 2.82. The Morgan fingerprint density at radius 2 is 1.88 bits per heavy atom. The lowest BCUT2D eigenvalue weighted by atomic mass is 9.91. The first kappa shape index (κ1) is 23.4. The minimum absolute atomic E-state index is 0.0228. The quantitative estimate of drug-likeness (QED) is 0.413. The monoisotopic (exact) mass is 468 g/mol. The van der Waals surface area contributed by atoms with E-state index in [2.05, 4.69) is 20.6 Å². The number of methoxy groups -OCH3 is 1. The Bertz CT molecular complexity index is 1210. The number of halogens is 2. The van der Waals surface area contributed by atoms with Crippen molar-refractivity contribution in [2.45, 2.75) is 37.8 Å².